The van der Waals surface area contributed by atoms with Gasteiger partial charge in [-0.15, -0.1) is 0 Å². The van der Waals surface area contributed by atoms with Crippen molar-refractivity contribution in [2.45, 2.75) is 25.8 Å². The second kappa shape index (κ2) is 5.51. The Morgan fingerprint density at radius 1 is 1.58 bits per heavy atom. The number of hydrogen-bond acceptors (Lipinski definition) is 3. The zero-order chi connectivity index (χ0) is 8.81. The molecule has 0 aliphatic carbocycles. The molecule has 1 aliphatic heterocycles. The predicted molar refractivity (Wildman–Crippen MR) is 50.2 cm³/mol. The minimum Gasteiger partial charge on any atom is -0.396 e. The van der Waals surface area contributed by atoms with E-state index in [0.29, 0.717) is 12.6 Å². The molecular weight excluding hydrogens is 152 g/mol. The van der Waals surface area contributed by atoms with Crippen LogP contribution in [0, 0.1) is 0 Å². The highest BCUT2D eigenvalue weighted by Crippen LogP contribution is 2.02. The Balaban J connectivity index is 2.31. The van der Waals surface area contributed by atoms with Crippen LogP contribution < -0.4 is 5.32 Å². The van der Waals surface area contributed by atoms with Gasteiger partial charge in [-0.1, -0.05) is 6.92 Å². The maximum Gasteiger partial charge on any atom is 0.0446 e. The predicted octanol–water partition coefficient (Wildman–Crippen LogP) is 0.0526. The van der Waals surface area contributed by atoms with Gasteiger partial charge < -0.3 is 15.3 Å². The van der Waals surface area contributed by atoms with E-state index in [9.17, 15) is 0 Å². The minimum atomic E-state index is 0.301. The fourth-order valence-electron chi connectivity index (χ4n) is 1.71. The van der Waals surface area contributed by atoms with Crippen molar-refractivity contribution in [2.24, 2.45) is 0 Å². The highest BCUT2D eigenvalue weighted by molar-refractivity contribution is 4.75. The minimum absolute atomic E-state index is 0.301. The Morgan fingerprint density at radius 3 is 3.08 bits per heavy atom. The Morgan fingerprint density at radius 2 is 2.42 bits per heavy atom. The van der Waals surface area contributed by atoms with Gasteiger partial charge in [-0.25, -0.2) is 0 Å². The zero-order valence-corrected chi connectivity index (χ0v) is 7.92. The first-order chi connectivity index (χ1) is 5.86. The number of aliphatic hydroxyl groups is 1. The average Bonchev–Trinajstić information content (AvgIpc) is 2.30. The lowest BCUT2D eigenvalue weighted by Crippen LogP contribution is -2.38. The summed E-state index contributed by atoms with van der Waals surface area (Å²) in [4.78, 5) is 2.44. The van der Waals surface area contributed by atoms with Crippen LogP contribution in [0.2, 0.25) is 0 Å². The molecule has 1 saturated heterocycles. The van der Waals surface area contributed by atoms with E-state index in [1.165, 1.54) is 13.0 Å². The third-order valence-electron chi connectivity index (χ3n) is 2.49. The summed E-state index contributed by atoms with van der Waals surface area (Å²) in [6, 6.07) is 0.498. The number of rotatable bonds is 3. The number of likely N-dealkylation sites (N-methyl/N-ethyl adjacent to an activating group) is 1. The summed E-state index contributed by atoms with van der Waals surface area (Å²) >= 11 is 0. The van der Waals surface area contributed by atoms with Crippen molar-refractivity contribution in [2.75, 3.05) is 32.8 Å². The number of hydrogen-bond donors (Lipinski definition) is 2. The molecule has 0 saturated carbocycles. The molecule has 0 aromatic carbocycles. The van der Waals surface area contributed by atoms with Crippen molar-refractivity contribution >= 4 is 0 Å². The van der Waals surface area contributed by atoms with E-state index in [2.05, 4.69) is 17.1 Å². The maximum atomic E-state index is 8.81. The van der Waals surface area contributed by atoms with Crippen LogP contribution in [0.5, 0.6) is 0 Å². The SMILES string of the molecule is CCN1CCCNC(CCO)C1. The van der Waals surface area contributed by atoms with Gasteiger partial charge in [0.05, 0.1) is 0 Å². The topological polar surface area (TPSA) is 35.5 Å². The third-order valence-corrected chi connectivity index (χ3v) is 2.49. The van der Waals surface area contributed by atoms with Gasteiger partial charge in [-0.2, -0.15) is 0 Å². The molecule has 3 nitrogen and oxygen atoms in total. The second-order valence-electron chi connectivity index (χ2n) is 3.41. The molecule has 72 valence electrons. The van der Waals surface area contributed by atoms with E-state index in [-0.39, 0.29) is 0 Å². The van der Waals surface area contributed by atoms with E-state index in [1.807, 2.05) is 0 Å². The largest absolute Gasteiger partial charge is 0.396 e. The van der Waals surface area contributed by atoms with Crippen LogP contribution in [0.1, 0.15) is 19.8 Å². The van der Waals surface area contributed by atoms with Gasteiger partial charge in [0.15, 0.2) is 0 Å². The van der Waals surface area contributed by atoms with Crippen molar-refractivity contribution < 1.29 is 5.11 Å². The van der Waals surface area contributed by atoms with E-state index in [0.717, 1.165) is 26.1 Å². The monoisotopic (exact) mass is 172 g/mol. The molecule has 1 unspecified atom stereocenters. The summed E-state index contributed by atoms with van der Waals surface area (Å²) in [6.45, 7) is 7.02. The van der Waals surface area contributed by atoms with Crippen molar-refractivity contribution in [1.29, 1.82) is 0 Å². The lowest BCUT2D eigenvalue weighted by Gasteiger charge is -2.22. The normalized spacial score (nSPS) is 27.0. The van der Waals surface area contributed by atoms with Gasteiger partial charge >= 0.3 is 0 Å². The van der Waals surface area contributed by atoms with Crippen molar-refractivity contribution in [3.63, 3.8) is 0 Å². The van der Waals surface area contributed by atoms with Crippen LogP contribution in [0.15, 0.2) is 0 Å². The molecule has 2 N–H and O–H groups in total. The molecule has 0 aromatic rings. The average molecular weight is 172 g/mol. The van der Waals surface area contributed by atoms with Crippen molar-refractivity contribution in [1.82, 2.24) is 10.2 Å². The molecule has 1 rings (SSSR count). The molecule has 0 radical (unpaired) electrons. The first-order valence-corrected chi connectivity index (χ1v) is 4.93. The fraction of sp³-hybridized carbons (Fsp3) is 1.00. The van der Waals surface area contributed by atoms with Gasteiger partial charge in [0.1, 0.15) is 0 Å². The van der Waals surface area contributed by atoms with Crippen LogP contribution in [-0.2, 0) is 0 Å². The summed E-state index contributed by atoms with van der Waals surface area (Å²) in [6.07, 6.45) is 2.12. The molecule has 1 atom stereocenters. The van der Waals surface area contributed by atoms with Gasteiger partial charge in [0.2, 0.25) is 0 Å². The molecule has 1 aliphatic rings. The number of nitrogens with zero attached hydrogens (tertiary/aromatic N) is 1. The third kappa shape index (κ3) is 3.09. The second-order valence-corrected chi connectivity index (χ2v) is 3.41. The fourth-order valence-corrected chi connectivity index (χ4v) is 1.71. The summed E-state index contributed by atoms with van der Waals surface area (Å²) in [5.41, 5.74) is 0. The van der Waals surface area contributed by atoms with Crippen LogP contribution in [-0.4, -0.2) is 48.8 Å². The van der Waals surface area contributed by atoms with E-state index >= 15 is 0 Å². The Kier molecular flexibility index (Phi) is 4.58. The smallest absolute Gasteiger partial charge is 0.0446 e. The lowest BCUT2D eigenvalue weighted by molar-refractivity contribution is 0.232. The van der Waals surface area contributed by atoms with Crippen LogP contribution in [0.4, 0.5) is 0 Å². The first kappa shape index (κ1) is 9.96. The van der Waals surface area contributed by atoms with E-state index in [1.54, 1.807) is 0 Å². The summed E-state index contributed by atoms with van der Waals surface area (Å²) in [5, 5.41) is 12.3. The van der Waals surface area contributed by atoms with Crippen LogP contribution in [0.3, 0.4) is 0 Å². The molecular formula is C9H20N2O. The molecule has 0 spiro atoms. The molecule has 1 heterocycles. The van der Waals surface area contributed by atoms with Crippen molar-refractivity contribution in [3.05, 3.63) is 0 Å². The Bertz CT molecular complexity index is 119. The van der Waals surface area contributed by atoms with Gasteiger partial charge in [-0.3, -0.25) is 0 Å². The van der Waals surface area contributed by atoms with Crippen molar-refractivity contribution in [3.8, 4) is 0 Å². The molecule has 1 fully saturated rings. The van der Waals surface area contributed by atoms with Gasteiger partial charge in [-0.05, 0) is 32.5 Å². The van der Waals surface area contributed by atoms with Gasteiger partial charge in [0, 0.05) is 19.2 Å². The molecule has 12 heavy (non-hydrogen) atoms. The van der Waals surface area contributed by atoms with E-state index < -0.39 is 0 Å². The summed E-state index contributed by atoms with van der Waals surface area (Å²) in [7, 11) is 0. The number of nitrogens with one attached hydrogen (secondary N) is 1. The standard InChI is InChI=1S/C9H20N2O/c1-2-11-6-3-5-10-9(8-11)4-7-12/h9-10,12H,2-8H2,1H3. The first-order valence-electron chi connectivity index (χ1n) is 4.93. The number of aliphatic hydroxyl groups excluding tert-OH is 1. The molecule has 0 aromatic heterocycles. The van der Waals surface area contributed by atoms with E-state index in [4.69, 9.17) is 5.11 Å². The highest BCUT2D eigenvalue weighted by atomic mass is 16.3. The zero-order valence-electron chi connectivity index (χ0n) is 7.92. The summed E-state index contributed by atoms with van der Waals surface area (Å²) < 4.78 is 0. The highest BCUT2D eigenvalue weighted by Gasteiger charge is 2.15. The molecule has 3 heteroatoms. The van der Waals surface area contributed by atoms with Gasteiger partial charge in [0.25, 0.3) is 0 Å². The Labute approximate surface area is 74.8 Å². The van der Waals surface area contributed by atoms with Crippen LogP contribution in [0.25, 0.3) is 0 Å². The van der Waals surface area contributed by atoms with Crippen LogP contribution >= 0.6 is 0 Å². The molecule has 0 amide bonds. The lowest BCUT2D eigenvalue weighted by atomic mass is 10.2. The summed E-state index contributed by atoms with van der Waals surface area (Å²) in [5.74, 6) is 0. The Hall–Kier alpha value is -0.120. The molecule has 0 bridgehead atoms. The maximum absolute atomic E-state index is 8.81. The quantitative estimate of drug-likeness (QED) is 0.631.